The average molecular weight is 352 g/mol. The fraction of sp³-hybridized carbons (Fsp3) is 0.211. The number of amides is 1. The molecule has 1 amide bonds. The van der Waals surface area contributed by atoms with Gasteiger partial charge in [0.2, 0.25) is 0 Å². The normalized spacial score (nSPS) is 11.7. The van der Waals surface area contributed by atoms with Crippen LogP contribution >= 0.6 is 0 Å². The summed E-state index contributed by atoms with van der Waals surface area (Å²) in [5, 5.41) is 2.75. The molecule has 7 nitrogen and oxygen atoms in total. The van der Waals surface area contributed by atoms with Crippen LogP contribution in [0.1, 0.15) is 21.7 Å². The number of benzene rings is 1. The number of imidazole rings is 1. The number of rotatable bonds is 7. The molecule has 0 radical (unpaired) electrons. The summed E-state index contributed by atoms with van der Waals surface area (Å²) in [4.78, 5) is 31.6. The van der Waals surface area contributed by atoms with Crippen molar-refractivity contribution in [2.75, 3.05) is 7.11 Å². The van der Waals surface area contributed by atoms with E-state index in [0.717, 1.165) is 11.3 Å². The number of methoxy groups -OCH3 is 1. The third-order valence-corrected chi connectivity index (χ3v) is 4.03. The minimum atomic E-state index is -0.798. The van der Waals surface area contributed by atoms with Crippen molar-refractivity contribution in [1.29, 1.82) is 0 Å². The SMILES string of the molecule is COC(=O)[C@H](Cc1cnc[nH]1)NC(=O)c1cccn1Cc1ccccc1. The first-order valence-corrected chi connectivity index (χ1v) is 8.22. The lowest BCUT2D eigenvalue weighted by Crippen LogP contribution is -2.43. The maximum Gasteiger partial charge on any atom is 0.328 e. The van der Waals surface area contributed by atoms with Gasteiger partial charge in [-0.3, -0.25) is 4.79 Å². The largest absolute Gasteiger partial charge is 0.467 e. The Bertz CT molecular complexity index is 856. The van der Waals surface area contributed by atoms with Crippen molar-refractivity contribution < 1.29 is 14.3 Å². The standard InChI is InChI=1S/C19H20N4O3/c1-26-19(25)16(10-15-11-20-13-21-15)22-18(24)17-8-5-9-23(17)12-14-6-3-2-4-7-14/h2-9,11,13,16H,10,12H2,1H3,(H,20,21)(H,22,24)/t16-/m0/s1. The number of aromatic amines is 1. The van der Waals surface area contributed by atoms with Crippen LogP contribution in [0.4, 0.5) is 0 Å². The predicted molar refractivity (Wildman–Crippen MR) is 95.5 cm³/mol. The summed E-state index contributed by atoms with van der Waals surface area (Å²) < 4.78 is 6.65. The summed E-state index contributed by atoms with van der Waals surface area (Å²) in [6, 6.07) is 12.6. The fourth-order valence-electron chi connectivity index (χ4n) is 2.72. The first-order chi connectivity index (χ1) is 12.7. The predicted octanol–water partition coefficient (Wildman–Crippen LogP) is 1.77. The summed E-state index contributed by atoms with van der Waals surface area (Å²) in [7, 11) is 1.30. The molecule has 0 saturated carbocycles. The van der Waals surface area contributed by atoms with E-state index >= 15 is 0 Å². The Hall–Kier alpha value is -3.35. The lowest BCUT2D eigenvalue weighted by atomic mass is 10.1. The minimum absolute atomic E-state index is 0.276. The number of H-pyrrole nitrogens is 1. The van der Waals surface area contributed by atoms with Gasteiger partial charge in [-0.1, -0.05) is 30.3 Å². The van der Waals surface area contributed by atoms with Gasteiger partial charge in [0.1, 0.15) is 11.7 Å². The molecule has 0 bridgehead atoms. The van der Waals surface area contributed by atoms with Crippen molar-refractivity contribution in [1.82, 2.24) is 19.9 Å². The van der Waals surface area contributed by atoms with E-state index < -0.39 is 12.0 Å². The highest BCUT2D eigenvalue weighted by molar-refractivity contribution is 5.95. The summed E-state index contributed by atoms with van der Waals surface area (Å²) in [5.74, 6) is -0.838. The maximum absolute atomic E-state index is 12.7. The Balaban J connectivity index is 1.73. The summed E-state index contributed by atoms with van der Waals surface area (Å²) in [6.45, 7) is 0.569. The number of aromatic nitrogens is 3. The first kappa shape index (κ1) is 17.5. The second kappa shape index (κ2) is 8.15. The van der Waals surface area contributed by atoms with Crippen molar-refractivity contribution >= 4 is 11.9 Å². The van der Waals surface area contributed by atoms with Crippen LogP contribution in [0, 0.1) is 0 Å². The van der Waals surface area contributed by atoms with E-state index in [0.29, 0.717) is 12.2 Å². The molecule has 134 valence electrons. The Morgan fingerprint density at radius 2 is 2.04 bits per heavy atom. The number of nitrogens with zero attached hydrogens (tertiary/aromatic N) is 2. The number of hydrogen-bond donors (Lipinski definition) is 2. The highest BCUT2D eigenvalue weighted by Gasteiger charge is 2.24. The van der Waals surface area contributed by atoms with Crippen LogP contribution in [0.3, 0.4) is 0 Å². The van der Waals surface area contributed by atoms with Crippen molar-refractivity contribution in [2.45, 2.75) is 19.0 Å². The second-order valence-corrected chi connectivity index (χ2v) is 5.84. The number of nitrogens with one attached hydrogen (secondary N) is 2. The summed E-state index contributed by atoms with van der Waals surface area (Å²) in [6.07, 6.45) is 5.25. The molecular weight excluding hydrogens is 332 g/mol. The van der Waals surface area contributed by atoms with Gasteiger partial charge >= 0.3 is 5.97 Å². The van der Waals surface area contributed by atoms with E-state index in [1.807, 2.05) is 41.1 Å². The van der Waals surface area contributed by atoms with Gasteiger partial charge in [-0.25, -0.2) is 9.78 Å². The van der Waals surface area contributed by atoms with Crippen LogP contribution in [0.15, 0.2) is 61.2 Å². The highest BCUT2D eigenvalue weighted by Crippen LogP contribution is 2.09. The van der Waals surface area contributed by atoms with Crippen LogP contribution in [0.5, 0.6) is 0 Å². The van der Waals surface area contributed by atoms with Crippen molar-refractivity contribution in [3.8, 4) is 0 Å². The molecule has 0 spiro atoms. The van der Waals surface area contributed by atoms with E-state index in [1.165, 1.54) is 13.4 Å². The second-order valence-electron chi connectivity index (χ2n) is 5.84. The lowest BCUT2D eigenvalue weighted by molar-refractivity contribution is -0.142. The van der Waals surface area contributed by atoms with Gasteiger partial charge in [0.05, 0.1) is 13.4 Å². The van der Waals surface area contributed by atoms with Gasteiger partial charge in [0.25, 0.3) is 5.91 Å². The molecule has 0 aliphatic carbocycles. The quantitative estimate of drug-likeness (QED) is 0.634. The molecule has 0 saturated heterocycles. The highest BCUT2D eigenvalue weighted by atomic mass is 16.5. The first-order valence-electron chi connectivity index (χ1n) is 8.22. The zero-order valence-electron chi connectivity index (χ0n) is 14.4. The number of hydrogen-bond acceptors (Lipinski definition) is 4. The van der Waals surface area contributed by atoms with Crippen LogP contribution in [-0.2, 0) is 22.5 Å². The fourth-order valence-corrected chi connectivity index (χ4v) is 2.72. The van der Waals surface area contributed by atoms with Crippen LogP contribution in [0.25, 0.3) is 0 Å². The van der Waals surface area contributed by atoms with Gasteiger partial charge in [0.15, 0.2) is 0 Å². The number of carbonyl (C=O) groups excluding carboxylic acids is 2. The molecule has 2 aromatic heterocycles. The Morgan fingerprint density at radius 1 is 1.23 bits per heavy atom. The van der Waals surface area contributed by atoms with Crippen molar-refractivity contribution in [2.24, 2.45) is 0 Å². The molecule has 2 heterocycles. The van der Waals surface area contributed by atoms with E-state index in [1.54, 1.807) is 18.3 Å². The van der Waals surface area contributed by atoms with Gasteiger partial charge in [-0.2, -0.15) is 0 Å². The third kappa shape index (κ3) is 4.18. The molecule has 7 heteroatoms. The van der Waals surface area contributed by atoms with E-state index in [-0.39, 0.29) is 12.3 Å². The minimum Gasteiger partial charge on any atom is -0.467 e. The van der Waals surface area contributed by atoms with Gasteiger partial charge in [-0.05, 0) is 17.7 Å². The van der Waals surface area contributed by atoms with E-state index in [9.17, 15) is 9.59 Å². The van der Waals surface area contributed by atoms with E-state index in [2.05, 4.69) is 15.3 Å². The molecule has 0 unspecified atom stereocenters. The van der Waals surface area contributed by atoms with Gasteiger partial charge in [0, 0.05) is 31.1 Å². The maximum atomic E-state index is 12.7. The number of carbonyl (C=O) groups is 2. The monoisotopic (exact) mass is 352 g/mol. The molecule has 3 aromatic rings. The molecule has 0 aliphatic heterocycles. The number of ether oxygens (including phenoxy) is 1. The van der Waals surface area contributed by atoms with E-state index in [4.69, 9.17) is 4.74 Å². The number of esters is 1. The Labute approximate surface area is 151 Å². The molecule has 3 rings (SSSR count). The topological polar surface area (TPSA) is 89.0 Å². The molecule has 0 fully saturated rings. The molecule has 26 heavy (non-hydrogen) atoms. The molecule has 2 N–H and O–H groups in total. The smallest absolute Gasteiger partial charge is 0.328 e. The van der Waals surface area contributed by atoms with Crippen LogP contribution < -0.4 is 5.32 Å². The zero-order valence-corrected chi connectivity index (χ0v) is 14.4. The Morgan fingerprint density at radius 3 is 2.73 bits per heavy atom. The van der Waals surface area contributed by atoms with Crippen LogP contribution in [0.2, 0.25) is 0 Å². The molecule has 1 aromatic carbocycles. The third-order valence-electron chi connectivity index (χ3n) is 4.03. The zero-order chi connectivity index (χ0) is 18.4. The molecule has 0 aliphatic rings. The molecular formula is C19H20N4O3. The van der Waals surface area contributed by atoms with Gasteiger partial charge in [-0.15, -0.1) is 0 Å². The van der Waals surface area contributed by atoms with Crippen molar-refractivity contribution in [3.63, 3.8) is 0 Å². The molecule has 1 atom stereocenters. The van der Waals surface area contributed by atoms with Crippen molar-refractivity contribution in [3.05, 3.63) is 78.1 Å². The van der Waals surface area contributed by atoms with Crippen LogP contribution in [-0.4, -0.2) is 39.6 Å². The lowest BCUT2D eigenvalue weighted by Gasteiger charge is -2.17. The summed E-state index contributed by atoms with van der Waals surface area (Å²) >= 11 is 0. The summed E-state index contributed by atoms with van der Waals surface area (Å²) in [5.41, 5.74) is 2.30. The Kier molecular flexibility index (Phi) is 5.48. The average Bonchev–Trinajstić information content (AvgIpc) is 3.33. The van der Waals surface area contributed by atoms with Gasteiger partial charge < -0.3 is 19.6 Å².